The third kappa shape index (κ3) is 29.2. The average Bonchev–Trinajstić information content (AvgIpc) is 1.65. The quantitative estimate of drug-likeness (QED) is 0.0165. The standard InChI is InChI=1S/C18H23ClFN5O2.C14H15BClFN6O.C13H14BCl2FN4O.C13H12ClFN6.C8H2Cl3FN2.C7H16O3.C5H13BN2O.2ClH.H4N2/c1-18(2,3)27-17(26)25-6-4-24(5-7-25)16-14(10-21)22-15-12(20)8-11(19)9-13(15)23-16;1-15(24)22-4-2-21(3-5-22)13-14-20-18-8-23(14)12-10(17)6-9(16)7-11(12)19-13;1-14(22)21-4-2-20(3-5-21)13-12(16)19-11-9(17)6-8(15)7-10(11)18-13;14-8-5-9(15)11-10(6-8)18-12(13-19-17-7-21(11)13)20-3-1-16-2-4-20;9-3-1-4(12)6-5(2-3)13-7(10)8(11)14-6;1-4-8-7(9-5-2)10-6-3;1-6(9)8-4-2-7-3-5-8;;;1-2/h8-9H,4-7,10,21H2,1-3H3;6-8,24H,2-5H2,1H3;6-7,22H,2-5H2,1H3;5-7,16H,1-4H2;1-2H;7H,4-6H2,1-3H3;7,9H,2-5H2,1H3;2*1H;1-2H2. The molecule has 131 heavy (non-hydrogen) atoms. The van der Waals surface area contributed by atoms with Crippen molar-refractivity contribution in [1.82, 2.24) is 99.0 Å². The van der Waals surface area contributed by atoms with E-state index in [4.69, 9.17) is 123 Å². The van der Waals surface area contributed by atoms with Crippen molar-refractivity contribution in [1.29, 1.82) is 0 Å². The number of hydrazine groups is 1. The Labute approximate surface area is 805 Å². The van der Waals surface area contributed by atoms with Gasteiger partial charge in [0.25, 0.3) is 6.48 Å². The number of piperazine rings is 5. The predicted octanol–water partition coefficient (Wildman–Crippen LogP) is 11.8. The van der Waals surface area contributed by atoms with Crippen molar-refractivity contribution in [3.05, 3.63) is 149 Å². The largest absolute Gasteiger partial charge is 0.444 e. The summed E-state index contributed by atoms with van der Waals surface area (Å²) in [7, 11) is -1.22. The zero-order valence-corrected chi connectivity index (χ0v) is 80.6. The van der Waals surface area contributed by atoms with Crippen LogP contribution in [-0.4, -0.2) is 294 Å². The second kappa shape index (κ2) is 51.4. The number of amides is 1. The van der Waals surface area contributed by atoms with Gasteiger partial charge in [0.1, 0.15) is 45.8 Å². The number of halogens is 15. The van der Waals surface area contributed by atoms with Gasteiger partial charge in [-0.25, -0.2) is 66.6 Å². The molecule has 0 aliphatic carbocycles. The predicted molar refractivity (Wildman–Crippen MR) is 513 cm³/mol. The molecule has 35 nitrogen and oxygen atoms in total. The minimum absolute atomic E-state index is 0. The van der Waals surface area contributed by atoms with Gasteiger partial charge in [-0.15, -0.1) is 45.2 Å². The van der Waals surface area contributed by atoms with Gasteiger partial charge in [-0.2, -0.15) is 0 Å². The molecule has 0 radical (unpaired) electrons. The molecule has 12 heterocycles. The molecule has 0 bridgehead atoms. The maximum Gasteiger partial charge on any atom is 0.410 e. The van der Waals surface area contributed by atoms with E-state index >= 15 is 0 Å². The number of nitrogens with one attached hydrogen (secondary N) is 2. The van der Waals surface area contributed by atoms with E-state index in [0.717, 1.165) is 58.4 Å². The molecule has 7 aromatic heterocycles. The average molecular weight is 2030 g/mol. The van der Waals surface area contributed by atoms with Gasteiger partial charge < -0.3 is 89.3 Å². The monoisotopic (exact) mass is 2020 g/mol. The normalized spacial score (nSPS) is 15.0. The maximum atomic E-state index is 14.3. The molecule has 11 N–H and O–H groups in total. The number of anilines is 4. The molecule has 12 aromatic rings. The van der Waals surface area contributed by atoms with Crippen LogP contribution >= 0.6 is 118 Å². The van der Waals surface area contributed by atoms with Crippen molar-refractivity contribution in [3.63, 3.8) is 0 Å². The highest BCUT2D eigenvalue weighted by molar-refractivity contribution is 6.46. The van der Waals surface area contributed by atoms with E-state index in [1.807, 2.05) is 67.8 Å². The number of rotatable bonds is 14. The smallest absolute Gasteiger partial charge is 0.410 e. The van der Waals surface area contributed by atoms with Crippen LogP contribution in [0.3, 0.4) is 0 Å². The minimum atomic E-state index is -0.571. The lowest BCUT2D eigenvalue weighted by molar-refractivity contribution is -0.282. The van der Waals surface area contributed by atoms with Gasteiger partial charge in [-0.1, -0.05) is 92.8 Å². The summed E-state index contributed by atoms with van der Waals surface area (Å²) in [4.78, 5) is 62.2. The molecule has 5 aliphatic rings. The van der Waals surface area contributed by atoms with E-state index in [0.29, 0.717) is 182 Å². The number of carbonyl (C=O) groups is 1. The Morgan fingerprint density at radius 2 is 0.756 bits per heavy atom. The molecule has 0 unspecified atom stereocenters. The van der Waals surface area contributed by atoms with Crippen LogP contribution in [0, 0.1) is 29.1 Å². The minimum Gasteiger partial charge on any atom is -0.444 e. The Balaban J connectivity index is 0.000000192. The number of ether oxygens (including phenoxy) is 4. The second-order valence-electron chi connectivity index (χ2n) is 30.1. The number of nitrogens with zero attached hydrogens (tertiary/aromatic N) is 22. The summed E-state index contributed by atoms with van der Waals surface area (Å²) < 4.78 is 93.6. The zero-order valence-electron chi connectivity index (χ0n) is 72.9. The van der Waals surface area contributed by atoms with Gasteiger partial charge in [-0.3, -0.25) is 20.5 Å². The van der Waals surface area contributed by atoms with Crippen LogP contribution in [0.5, 0.6) is 0 Å². The van der Waals surface area contributed by atoms with E-state index in [1.165, 1.54) is 43.0 Å². The number of aromatic nitrogens is 14. The van der Waals surface area contributed by atoms with Crippen LogP contribution in [-0.2, 0) is 25.5 Å². The Hall–Kier alpha value is -7.61. The van der Waals surface area contributed by atoms with Crippen LogP contribution in [0.1, 0.15) is 47.2 Å². The van der Waals surface area contributed by atoms with Crippen molar-refractivity contribution in [2.45, 2.75) is 80.6 Å². The number of fused-ring (bicyclic) bond motifs is 9. The van der Waals surface area contributed by atoms with Gasteiger partial charge >= 0.3 is 27.2 Å². The number of nitrogens with two attached hydrogens (primary N) is 3. The second-order valence-corrected chi connectivity index (χ2v) is 33.4. The lowest BCUT2D eigenvalue weighted by Crippen LogP contribution is -2.51. The van der Waals surface area contributed by atoms with E-state index in [1.54, 1.807) is 51.6 Å². The molecule has 5 aliphatic heterocycles. The molecule has 0 spiro atoms. The van der Waals surface area contributed by atoms with E-state index in [9.17, 15) is 36.8 Å². The Morgan fingerprint density at radius 3 is 1.15 bits per heavy atom. The van der Waals surface area contributed by atoms with E-state index in [-0.39, 0.29) is 97.1 Å². The number of benzene rings is 5. The fourth-order valence-corrected chi connectivity index (χ4v) is 15.4. The molecule has 5 aromatic carbocycles. The van der Waals surface area contributed by atoms with Gasteiger partial charge in [-0.05, 0) is 123 Å². The summed E-state index contributed by atoms with van der Waals surface area (Å²) in [6.07, 6.45) is 2.65. The summed E-state index contributed by atoms with van der Waals surface area (Å²) in [6.45, 7) is 33.0. The van der Waals surface area contributed by atoms with Crippen molar-refractivity contribution in [2.75, 3.05) is 170 Å². The van der Waals surface area contributed by atoms with Crippen molar-refractivity contribution >= 4 is 235 Å². The molecule has 17 rings (SSSR count). The SMILES string of the molecule is CB(O)N1CCN(c2nc3cc(Cl)cc(F)c3n3cnnc23)CC1.CB(O)N1CCN(c2nc3cc(Cl)cc(F)c3nc2Cl)CC1.CB(O)N1CCNCC1.CC(C)(C)OC(=O)N1CCN(c2nc3cc(Cl)cc(F)c3nc2CN)CC1.CCOC(OCC)OCC.Cl.Cl.Fc1cc(Cl)cc2nc(Cl)c(Cl)nc12.Fc1cc(Cl)cc2nc(N3CCNCC3)c3nncn3c12.NN. The number of hydrogen-bond donors (Lipinski definition) is 8. The number of hydrogen-bond acceptors (Lipinski definition) is 32. The van der Waals surface area contributed by atoms with Crippen molar-refractivity contribution in [2.24, 2.45) is 17.4 Å². The molecule has 5 saturated heterocycles. The van der Waals surface area contributed by atoms with E-state index in [2.05, 4.69) is 97.2 Å². The molecule has 0 saturated carbocycles. The van der Waals surface area contributed by atoms with Gasteiger partial charge in [0.2, 0.25) is 11.3 Å². The highest BCUT2D eigenvalue weighted by atomic mass is 35.5. The lowest BCUT2D eigenvalue weighted by Gasteiger charge is -2.36. The van der Waals surface area contributed by atoms with Gasteiger partial charge in [0.15, 0.2) is 67.8 Å². The van der Waals surface area contributed by atoms with Gasteiger partial charge in [0, 0.05) is 182 Å². The van der Waals surface area contributed by atoms with Crippen LogP contribution in [0.15, 0.2) is 73.3 Å². The fourth-order valence-electron chi connectivity index (χ4n) is 13.9. The highest BCUT2D eigenvalue weighted by Gasteiger charge is 2.32. The topological polar surface area (TPSA) is 406 Å². The molecule has 1 amide bonds. The number of carbonyl (C=O) groups excluding carboxylic acids is 1. The summed E-state index contributed by atoms with van der Waals surface area (Å²) in [5.74, 6) is 7.94. The van der Waals surface area contributed by atoms with Gasteiger partial charge in [0.05, 0.1) is 33.3 Å². The maximum absolute atomic E-state index is 14.3. The lowest BCUT2D eigenvalue weighted by atomic mass is 9.84. The Morgan fingerprint density at radius 1 is 0.435 bits per heavy atom. The Kier molecular flexibility index (Phi) is 42.6. The first-order chi connectivity index (χ1) is 61.6. The summed E-state index contributed by atoms with van der Waals surface area (Å²) >= 11 is 46.7. The molecule has 5 fully saturated rings. The van der Waals surface area contributed by atoms with E-state index < -0.39 is 55.3 Å². The molecule has 53 heteroatoms. The molecule has 0 atom stereocenters. The first-order valence-electron chi connectivity index (χ1n) is 41.1. The Bertz CT molecular complexity index is 5750. The fraction of sp³-hybridized carbons (Fsp3) is 0.449. The van der Waals surface area contributed by atoms with Crippen LogP contribution in [0.25, 0.3) is 66.5 Å². The van der Waals surface area contributed by atoms with Crippen LogP contribution in [0.4, 0.5) is 50.0 Å². The highest BCUT2D eigenvalue weighted by Crippen LogP contribution is 2.34. The summed E-state index contributed by atoms with van der Waals surface area (Å²) in [5.41, 5.74) is 9.83. The molecule has 710 valence electrons. The zero-order chi connectivity index (χ0) is 93.7. The summed E-state index contributed by atoms with van der Waals surface area (Å²) in [5, 5.41) is 52.4. The third-order valence-electron chi connectivity index (χ3n) is 20.1. The van der Waals surface area contributed by atoms with Crippen molar-refractivity contribution < 1.29 is 60.8 Å². The molecular weight excluding hydrogens is 1920 g/mol. The van der Waals surface area contributed by atoms with Crippen LogP contribution < -0.4 is 47.7 Å². The first kappa shape index (κ1) is 109. The van der Waals surface area contributed by atoms with Crippen LogP contribution in [0.2, 0.25) is 61.0 Å². The molecular formula is C78H101B3Cl10F5N27O8. The summed E-state index contributed by atoms with van der Waals surface area (Å²) in [6, 6.07) is 14.0. The first-order valence-corrected chi connectivity index (χ1v) is 44.1. The van der Waals surface area contributed by atoms with Crippen molar-refractivity contribution in [3.8, 4) is 0 Å². The third-order valence-corrected chi connectivity index (χ3v) is 22.1.